The van der Waals surface area contributed by atoms with E-state index in [2.05, 4.69) is 20.4 Å². The Morgan fingerprint density at radius 3 is 2.64 bits per heavy atom. The lowest BCUT2D eigenvalue weighted by Gasteiger charge is -2.47. The summed E-state index contributed by atoms with van der Waals surface area (Å²) < 4.78 is 0. The van der Waals surface area contributed by atoms with E-state index in [1.54, 1.807) is 0 Å². The third kappa shape index (κ3) is 4.20. The van der Waals surface area contributed by atoms with E-state index < -0.39 is 0 Å². The van der Waals surface area contributed by atoms with E-state index in [-0.39, 0.29) is 0 Å². The maximum absolute atomic E-state index is 9.40. The highest BCUT2D eigenvalue weighted by Gasteiger charge is 2.35. The summed E-state index contributed by atoms with van der Waals surface area (Å²) in [5.74, 6) is 0.790. The number of nitrogens with one attached hydrogen (secondary N) is 2. The van der Waals surface area contributed by atoms with Crippen LogP contribution in [0.15, 0.2) is 0 Å². The van der Waals surface area contributed by atoms with E-state index in [9.17, 15) is 5.11 Å². The molecular weight excluding hydrogens is 276 g/mol. The van der Waals surface area contributed by atoms with Gasteiger partial charge in [-0.2, -0.15) is 0 Å². The highest BCUT2D eigenvalue weighted by Crippen LogP contribution is 2.28. The first-order valence-electron chi connectivity index (χ1n) is 9.39. The molecule has 3 N–H and O–H groups in total. The molecule has 128 valence electrons. The summed E-state index contributed by atoms with van der Waals surface area (Å²) >= 11 is 0. The molecule has 0 aromatic carbocycles. The van der Waals surface area contributed by atoms with Crippen molar-refractivity contribution in [2.45, 2.75) is 44.2 Å². The Hall–Kier alpha value is -0.200. The summed E-state index contributed by atoms with van der Waals surface area (Å²) in [6.07, 6.45) is 6.20. The van der Waals surface area contributed by atoms with Gasteiger partial charge in [0.05, 0.1) is 0 Å². The van der Waals surface area contributed by atoms with Gasteiger partial charge in [0.2, 0.25) is 0 Å². The molecule has 0 spiro atoms. The van der Waals surface area contributed by atoms with Gasteiger partial charge in [0.1, 0.15) is 0 Å². The van der Waals surface area contributed by atoms with Crippen molar-refractivity contribution in [1.82, 2.24) is 20.4 Å². The summed E-state index contributed by atoms with van der Waals surface area (Å²) in [5, 5.41) is 16.5. The fourth-order valence-corrected chi connectivity index (χ4v) is 4.64. The van der Waals surface area contributed by atoms with Gasteiger partial charge in [-0.05, 0) is 44.7 Å². The van der Waals surface area contributed by atoms with Crippen molar-refractivity contribution >= 4 is 0 Å². The van der Waals surface area contributed by atoms with Crippen molar-refractivity contribution in [3.05, 3.63) is 0 Å². The molecule has 5 heteroatoms. The number of piperidine rings is 2. The number of likely N-dealkylation sites (tertiary alicyclic amines) is 1. The van der Waals surface area contributed by atoms with E-state index in [1.807, 2.05) is 0 Å². The van der Waals surface area contributed by atoms with E-state index in [0.717, 1.165) is 32.0 Å². The molecular formula is C17H34N4O. The molecule has 0 bridgehead atoms. The highest BCUT2D eigenvalue weighted by atomic mass is 16.3. The Kier molecular flexibility index (Phi) is 6.51. The quantitative estimate of drug-likeness (QED) is 0.673. The van der Waals surface area contributed by atoms with Crippen LogP contribution in [-0.4, -0.2) is 86.0 Å². The lowest BCUT2D eigenvalue weighted by atomic mass is 9.87. The molecule has 3 heterocycles. The van der Waals surface area contributed by atoms with Crippen LogP contribution >= 0.6 is 0 Å². The maximum atomic E-state index is 9.40. The number of hydrogen-bond acceptors (Lipinski definition) is 5. The molecule has 0 radical (unpaired) electrons. The van der Waals surface area contributed by atoms with Crippen LogP contribution in [-0.2, 0) is 0 Å². The summed E-state index contributed by atoms with van der Waals surface area (Å²) in [4.78, 5) is 5.41. The van der Waals surface area contributed by atoms with Crippen molar-refractivity contribution in [3.8, 4) is 0 Å². The maximum Gasteiger partial charge on any atom is 0.0445 e. The van der Waals surface area contributed by atoms with Crippen molar-refractivity contribution in [2.24, 2.45) is 5.92 Å². The van der Waals surface area contributed by atoms with Crippen LogP contribution < -0.4 is 10.6 Å². The fraction of sp³-hybridized carbons (Fsp3) is 1.00. The van der Waals surface area contributed by atoms with Gasteiger partial charge in [-0.1, -0.05) is 6.42 Å². The van der Waals surface area contributed by atoms with Crippen molar-refractivity contribution in [3.63, 3.8) is 0 Å². The number of nitrogens with zero attached hydrogens (tertiary/aromatic N) is 2. The summed E-state index contributed by atoms with van der Waals surface area (Å²) in [6.45, 7) is 9.84. The summed E-state index contributed by atoms with van der Waals surface area (Å²) in [5.41, 5.74) is 0. The molecule has 0 aromatic rings. The van der Waals surface area contributed by atoms with Gasteiger partial charge >= 0.3 is 0 Å². The molecule has 0 aromatic heterocycles. The topological polar surface area (TPSA) is 50.8 Å². The van der Waals surface area contributed by atoms with E-state index in [0.29, 0.717) is 18.7 Å². The minimum absolute atomic E-state index is 0.337. The molecule has 22 heavy (non-hydrogen) atoms. The van der Waals surface area contributed by atoms with Gasteiger partial charge in [0, 0.05) is 58.0 Å². The molecule has 3 unspecified atom stereocenters. The zero-order valence-corrected chi connectivity index (χ0v) is 14.0. The minimum atomic E-state index is 0.337. The molecule has 3 aliphatic heterocycles. The summed E-state index contributed by atoms with van der Waals surface area (Å²) in [7, 11) is 0. The predicted octanol–water partition coefficient (Wildman–Crippen LogP) is 0.107. The molecule has 0 saturated carbocycles. The second-order valence-corrected chi connectivity index (χ2v) is 7.27. The van der Waals surface area contributed by atoms with Crippen LogP contribution in [0.4, 0.5) is 0 Å². The van der Waals surface area contributed by atoms with E-state index in [1.165, 1.54) is 58.4 Å². The Morgan fingerprint density at radius 2 is 1.82 bits per heavy atom. The monoisotopic (exact) mass is 310 g/mol. The Balaban J connectivity index is 1.62. The smallest absolute Gasteiger partial charge is 0.0445 e. The van der Waals surface area contributed by atoms with Crippen molar-refractivity contribution in [2.75, 3.05) is 59.0 Å². The second-order valence-electron chi connectivity index (χ2n) is 7.27. The number of hydrogen-bond donors (Lipinski definition) is 3. The Bertz CT molecular complexity index is 320. The molecule has 5 nitrogen and oxygen atoms in total. The zero-order chi connectivity index (χ0) is 15.2. The average molecular weight is 310 g/mol. The lowest BCUT2D eigenvalue weighted by Crippen LogP contribution is -2.59. The molecule has 0 aliphatic carbocycles. The number of aliphatic hydroxyl groups is 1. The normalized spacial score (nSPS) is 35.6. The standard InChI is InChI=1S/C17H34N4O/c22-12-5-16-3-1-2-9-21(16)17-13-19-6-4-15(17)14-20-10-7-18-8-11-20/h15-19,22H,1-14H2. The van der Waals surface area contributed by atoms with Crippen LogP contribution in [0.25, 0.3) is 0 Å². The Morgan fingerprint density at radius 1 is 0.955 bits per heavy atom. The van der Waals surface area contributed by atoms with E-state index >= 15 is 0 Å². The SMILES string of the molecule is OCCC1CCCCN1C1CNCCC1CN1CCNCC1. The van der Waals surface area contributed by atoms with Gasteiger partial charge in [-0.25, -0.2) is 0 Å². The van der Waals surface area contributed by atoms with Crippen LogP contribution in [0.3, 0.4) is 0 Å². The van der Waals surface area contributed by atoms with Crippen LogP contribution in [0.2, 0.25) is 0 Å². The fourth-order valence-electron chi connectivity index (χ4n) is 4.64. The van der Waals surface area contributed by atoms with Gasteiger partial charge in [-0.3, -0.25) is 4.90 Å². The van der Waals surface area contributed by atoms with Gasteiger partial charge in [0.15, 0.2) is 0 Å². The molecule has 3 rings (SSSR count). The van der Waals surface area contributed by atoms with Gasteiger partial charge in [0.25, 0.3) is 0 Å². The van der Waals surface area contributed by atoms with Crippen LogP contribution in [0, 0.1) is 5.92 Å². The molecule has 3 atom stereocenters. The minimum Gasteiger partial charge on any atom is -0.396 e. The van der Waals surface area contributed by atoms with Crippen molar-refractivity contribution in [1.29, 1.82) is 0 Å². The highest BCUT2D eigenvalue weighted by molar-refractivity contribution is 4.92. The molecule has 3 aliphatic rings. The zero-order valence-electron chi connectivity index (χ0n) is 14.0. The van der Waals surface area contributed by atoms with Crippen LogP contribution in [0.1, 0.15) is 32.1 Å². The average Bonchev–Trinajstić information content (AvgIpc) is 2.57. The largest absolute Gasteiger partial charge is 0.396 e. The second kappa shape index (κ2) is 8.60. The first-order valence-corrected chi connectivity index (χ1v) is 9.39. The third-order valence-electron chi connectivity index (χ3n) is 5.85. The number of aliphatic hydroxyl groups excluding tert-OH is 1. The molecule has 3 fully saturated rings. The first kappa shape index (κ1) is 16.7. The Labute approximate surface area is 135 Å². The third-order valence-corrected chi connectivity index (χ3v) is 5.85. The number of piperazine rings is 1. The van der Waals surface area contributed by atoms with Crippen molar-refractivity contribution < 1.29 is 5.11 Å². The van der Waals surface area contributed by atoms with Crippen LogP contribution in [0.5, 0.6) is 0 Å². The van der Waals surface area contributed by atoms with E-state index in [4.69, 9.17) is 0 Å². The van der Waals surface area contributed by atoms with Gasteiger partial charge < -0.3 is 20.6 Å². The van der Waals surface area contributed by atoms with Gasteiger partial charge in [-0.15, -0.1) is 0 Å². The predicted molar refractivity (Wildman–Crippen MR) is 90.1 cm³/mol. The lowest BCUT2D eigenvalue weighted by molar-refractivity contribution is 0.0220. The number of rotatable bonds is 5. The summed E-state index contributed by atoms with van der Waals surface area (Å²) in [6, 6.07) is 1.27. The first-order chi connectivity index (χ1) is 10.9. The molecule has 0 amide bonds. The molecule has 3 saturated heterocycles.